The molecular formula is C19H17N3O3. The lowest BCUT2D eigenvalue weighted by Gasteiger charge is -2.17. The van der Waals surface area contributed by atoms with Gasteiger partial charge in [0.1, 0.15) is 0 Å². The van der Waals surface area contributed by atoms with Crippen LogP contribution in [-0.2, 0) is 17.8 Å². The number of carbonyl (C=O) groups is 1. The topological polar surface area (TPSA) is 68.4 Å². The van der Waals surface area contributed by atoms with Crippen molar-refractivity contribution in [3.63, 3.8) is 0 Å². The van der Waals surface area contributed by atoms with E-state index in [1.165, 1.54) is 12.1 Å². The first-order valence-corrected chi connectivity index (χ1v) is 8.25. The summed E-state index contributed by atoms with van der Waals surface area (Å²) in [5.74, 6) is -0.00275. The van der Waals surface area contributed by atoms with E-state index >= 15 is 0 Å². The van der Waals surface area contributed by atoms with Crippen molar-refractivity contribution >= 4 is 28.2 Å². The molecule has 126 valence electrons. The van der Waals surface area contributed by atoms with E-state index in [4.69, 9.17) is 0 Å². The van der Waals surface area contributed by atoms with Crippen molar-refractivity contribution in [3.8, 4) is 0 Å². The number of aromatic nitrogens is 1. The van der Waals surface area contributed by atoms with Gasteiger partial charge in [0.25, 0.3) is 5.69 Å². The Balaban J connectivity index is 1.51. The van der Waals surface area contributed by atoms with Crippen LogP contribution >= 0.6 is 0 Å². The van der Waals surface area contributed by atoms with E-state index in [9.17, 15) is 14.9 Å². The van der Waals surface area contributed by atoms with Gasteiger partial charge in [-0.15, -0.1) is 0 Å². The van der Waals surface area contributed by atoms with Crippen LogP contribution in [0.3, 0.4) is 0 Å². The lowest BCUT2D eigenvalue weighted by Crippen LogP contribution is -2.29. The highest BCUT2D eigenvalue weighted by Gasteiger charge is 2.26. The molecule has 3 aromatic rings. The van der Waals surface area contributed by atoms with Gasteiger partial charge in [-0.1, -0.05) is 24.3 Å². The van der Waals surface area contributed by atoms with Crippen molar-refractivity contribution in [2.24, 2.45) is 0 Å². The van der Waals surface area contributed by atoms with Gasteiger partial charge in [-0.3, -0.25) is 14.9 Å². The Kier molecular flexibility index (Phi) is 3.72. The molecule has 6 heteroatoms. The first-order chi connectivity index (χ1) is 12.1. The van der Waals surface area contributed by atoms with E-state index in [0.29, 0.717) is 25.2 Å². The maximum absolute atomic E-state index is 12.7. The third-order valence-corrected chi connectivity index (χ3v) is 4.72. The van der Waals surface area contributed by atoms with Crippen LogP contribution in [-0.4, -0.2) is 21.9 Å². The third-order valence-electron chi connectivity index (χ3n) is 4.72. The number of anilines is 1. The molecule has 0 N–H and O–H groups in total. The van der Waals surface area contributed by atoms with Crippen LogP contribution in [0.25, 0.3) is 10.9 Å². The highest BCUT2D eigenvalue weighted by molar-refractivity contribution is 5.96. The van der Waals surface area contributed by atoms with Crippen molar-refractivity contribution < 1.29 is 9.72 Å². The molecule has 0 spiro atoms. The second-order valence-corrected chi connectivity index (χ2v) is 6.18. The highest BCUT2D eigenvalue weighted by atomic mass is 16.6. The number of fused-ring (bicyclic) bond motifs is 2. The predicted molar refractivity (Wildman–Crippen MR) is 95.7 cm³/mol. The molecular weight excluding hydrogens is 318 g/mol. The highest BCUT2D eigenvalue weighted by Crippen LogP contribution is 2.32. The van der Waals surface area contributed by atoms with Gasteiger partial charge >= 0.3 is 0 Å². The number of nitro groups is 1. The van der Waals surface area contributed by atoms with Crippen LogP contribution in [0.15, 0.2) is 54.7 Å². The van der Waals surface area contributed by atoms with E-state index < -0.39 is 4.92 Å². The molecule has 0 saturated heterocycles. The molecule has 0 atom stereocenters. The largest absolute Gasteiger partial charge is 0.347 e. The number of carbonyl (C=O) groups excluding carboxylic acids is 1. The number of para-hydroxylation sites is 1. The van der Waals surface area contributed by atoms with Gasteiger partial charge < -0.3 is 9.47 Å². The quantitative estimate of drug-likeness (QED) is 0.541. The monoisotopic (exact) mass is 335 g/mol. The second kappa shape index (κ2) is 6.05. The molecule has 2 aromatic carbocycles. The Morgan fingerprint density at radius 2 is 2.00 bits per heavy atom. The molecule has 0 radical (unpaired) electrons. The number of nitrogens with zero attached hydrogens (tertiary/aromatic N) is 3. The number of nitro benzene ring substituents is 1. The van der Waals surface area contributed by atoms with Crippen molar-refractivity contribution in [1.29, 1.82) is 0 Å². The Morgan fingerprint density at radius 3 is 2.84 bits per heavy atom. The van der Waals surface area contributed by atoms with Gasteiger partial charge in [-0.2, -0.15) is 0 Å². The maximum Gasteiger partial charge on any atom is 0.271 e. The fraction of sp³-hybridized carbons (Fsp3) is 0.211. The van der Waals surface area contributed by atoms with Crippen molar-refractivity contribution in [3.05, 3.63) is 70.4 Å². The zero-order valence-corrected chi connectivity index (χ0v) is 13.6. The number of benzene rings is 2. The number of hydrogen-bond donors (Lipinski definition) is 0. The summed E-state index contributed by atoms with van der Waals surface area (Å²) in [6.07, 6.45) is 3.09. The molecule has 25 heavy (non-hydrogen) atoms. The summed E-state index contributed by atoms with van der Waals surface area (Å²) in [4.78, 5) is 24.9. The van der Waals surface area contributed by atoms with Gasteiger partial charge in [0.15, 0.2) is 0 Å². The van der Waals surface area contributed by atoms with E-state index in [-0.39, 0.29) is 11.6 Å². The lowest BCUT2D eigenvalue weighted by atomic mass is 10.1. The van der Waals surface area contributed by atoms with Crippen LogP contribution < -0.4 is 4.90 Å². The normalized spacial score (nSPS) is 13.2. The average Bonchev–Trinajstić information content (AvgIpc) is 3.23. The smallest absolute Gasteiger partial charge is 0.271 e. The Labute approximate surface area is 144 Å². The molecule has 0 aliphatic carbocycles. The minimum absolute atomic E-state index is 0.00275. The number of non-ortho nitro benzene ring substituents is 1. The minimum atomic E-state index is -0.423. The van der Waals surface area contributed by atoms with Crippen molar-refractivity contribution in [2.75, 3.05) is 11.4 Å². The summed E-state index contributed by atoms with van der Waals surface area (Å²) in [5, 5.41) is 12.1. The Hall–Kier alpha value is -3.15. The molecule has 1 aliphatic heterocycles. The molecule has 1 aliphatic rings. The number of rotatable bonds is 4. The van der Waals surface area contributed by atoms with Gasteiger partial charge in [0, 0.05) is 43.4 Å². The number of amides is 1. The zero-order valence-electron chi connectivity index (χ0n) is 13.6. The molecule has 0 saturated carbocycles. The summed E-state index contributed by atoms with van der Waals surface area (Å²) >= 11 is 0. The van der Waals surface area contributed by atoms with Crippen molar-refractivity contribution in [1.82, 2.24) is 4.57 Å². The standard InChI is InChI=1S/C19H17N3O3/c23-19(9-11-20-10-7-14-3-1-2-4-17(14)20)21-12-8-15-5-6-16(22(24)25)13-18(15)21/h1-7,10,13H,8-9,11-12H2. The fourth-order valence-electron chi connectivity index (χ4n) is 3.43. The predicted octanol–water partition coefficient (Wildman–Crippen LogP) is 3.53. The van der Waals surface area contributed by atoms with Crippen molar-refractivity contribution in [2.45, 2.75) is 19.4 Å². The second-order valence-electron chi connectivity index (χ2n) is 6.18. The summed E-state index contributed by atoms with van der Waals surface area (Å²) < 4.78 is 2.07. The first-order valence-electron chi connectivity index (χ1n) is 8.25. The number of hydrogen-bond acceptors (Lipinski definition) is 3. The average molecular weight is 335 g/mol. The maximum atomic E-state index is 12.7. The summed E-state index contributed by atoms with van der Waals surface area (Å²) in [5.41, 5.74) is 2.80. The van der Waals surface area contributed by atoms with Gasteiger partial charge in [-0.25, -0.2) is 0 Å². The SMILES string of the molecule is O=C(CCn1ccc2ccccc21)N1CCc2ccc([N+](=O)[O-])cc21. The summed E-state index contributed by atoms with van der Waals surface area (Å²) in [6.45, 7) is 1.18. The van der Waals surface area contributed by atoms with Gasteiger partial charge in [-0.05, 0) is 29.5 Å². The van der Waals surface area contributed by atoms with E-state index in [0.717, 1.165) is 22.9 Å². The molecule has 1 amide bonds. The van der Waals surface area contributed by atoms with Crippen LogP contribution in [0.1, 0.15) is 12.0 Å². The molecule has 0 unspecified atom stereocenters. The molecule has 6 nitrogen and oxygen atoms in total. The van der Waals surface area contributed by atoms with Crippen LogP contribution in [0, 0.1) is 10.1 Å². The lowest BCUT2D eigenvalue weighted by molar-refractivity contribution is -0.384. The van der Waals surface area contributed by atoms with Crippen LogP contribution in [0.5, 0.6) is 0 Å². The van der Waals surface area contributed by atoms with Crippen LogP contribution in [0.2, 0.25) is 0 Å². The van der Waals surface area contributed by atoms with E-state index in [2.05, 4.69) is 4.57 Å². The Morgan fingerprint density at radius 1 is 1.16 bits per heavy atom. The first kappa shape index (κ1) is 15.4. The van der Waals surface area contributed by atoms with Gasteiger partial charge in [0.05, 0.1) is 10.6 Å². The zero-order chi connectivity index (χ0) is 17.4. The summed E-state index contributed by atoms with van der Waals surface area (Å²) in [7, 11) is 0. The fourth-order valence-corrected chi connectivity index (χ4v) is 3.43. The minimum Gasteiger partial charge on any atom is -0.347 e. The summed E-state index contributed by atoms with van der Waals surface area (Å²) in [6, 6.07) is 14.8. The Bertz CT molecular complexity index is 977. The number of aryl methyl sites for hydroxylation is 1. The molecule has 1 aromatic heterocycles. The van der Waals surface area contributed by atoms with E-state index in [1.54, 1.807) is 11.0 Å². The molecule has 4 rings (SSSR count). The molecule has 2 heterocycles. The molecule has 0 fully saturated rings. The van der Waals surface area contributed by atoms with E-state index in [1.807, 2.05) is 36.5 Å². The third kappa shape index (κ3) is 2.76. The van der Waals surface area contributed by atoms with Crippen LogP contribution in [0.4, 0.5) is 11.4 Å². The molecule has 0 bridgehead atoms. The van der Waals surface area contributed by atoms with Gasteiger partial charge in [0.2, 0.25) is 5.91 Å².